The lowest BCUT2D eigenvalue weighted by atomic mass is 9.99. The second-order valence-corrected chi connectivity index (χ2v) is 4.09. The van der Waals surface area contributed by atoms with Gasteiger partial charge in [0, 0.05) is 23.5 Å². The van der Waals surface area contributed by atoms with Crippen LogP contribution in [0.15, 0.2) is 42.7 Å². The van der Waals surface area contributed by atoms with Crippen molar-refractivity contribution in [3.8, 4) is 0 Å². The van der Waals surface area contributed by atoms with Gasteiger partial charge in [-0.25, -0.2) is 0 Å². The van der Waals surface area contributed by atoms with Gasteiger partial charge in [0.25, 0.3) is 0 Å². The summed E-state index contributed by atoms with van der Waals surface area (Å²) >= 11 is 0. The summed E-state index contributed by atoms with van der Waals surface area (Å²) in [6.45, 7) is 1.34. The summed E-state index contributed by atoms with van der Waals surface area (Å²) in [7, 11) is 0. The highest BCUT2D eigenvalue weighted by Crippen LogP contribution is 2.32. The summed E-state index contributed by atoms with van der Waals surface area (Å²) in [5, 5.41) is 0. The Bertz CT molecular complexity index is 606. The molecule has 0 amide bonds. The third-order valence-electron chi connectivity index (χ3n) is 2.74. The number of ketones is 1. The topological polar surface area (TPSA) is 30.0 Å². The minimum absolute atomic E-state index is 0.0346. The van der Waals surface area contributed by atoms with Crippen molar-refractivity contribution in [2.45, 2.75) is 13.1 Å². The van der Waals surface area contributed by atoms with Crippen molar-refractivity contribution in [3.05, 3.63) is 65.0 Å². The summed E-state index contributed by atoms with van der Waals surface area (Å²) in [5.74, 6) is -0.320. The van der Waals surface area contributed by atoms with E-state index in [0.717, 1.165) is 6.07 Å². The summed E-state index contributed by atoms with van der Waals surface area (Å²) in [6.07, 6.45) is -1.48. The van der Waals surface area contributed by atoms with Crippen molar-refractivity contribution < 1.29 is 18.0 Å². The number of aromatic nitrogens is 1. The van der Waals surface area contributed by atoms with E-state index in [1.807, 2.05) is 0 Å². The summed E-state index contributed by atoms with van der Waals surface area (Å²) < 4.78 is 37.8. The Morgan fingerprint density at radius 1 is 1.05 bits per heavy atom. The molecule has 2 rings (SSSR count). The molecule has 0 aliphatic rings. The number of hydrogen-bond donors (Lipinski definition) is 0. The summed E-state index contributed by atoms with van der Waals surface area (Å²) in [6, 6.07) is 6.43. The molecule has 0 fully saturated rings. The maximum absolute atomic E-state index is 12.6. The number of nitrogens with zero attached hydrogens (tertiary/aromatic N) is 1. The quantitative estimate of drug-likeness (QED) is 0.776. The van der Waals surface area contributed by atoms with Gasteiger partial charge in [-0.05, 0) is 36.8 Å². The van der Waals surface area contributed by atoms with Crippen LogP contribution in [0.5, 0.6) is 0 Å². The van der Waals surface area contributed by atoms with Crippen LogP contribution < -0.4 is 0 Å². The first-order chi connectivity index (χ1) is 8.89. The van der Waals surface area contributed by atoms with Gasteiger partial charge >= 0.3 is 6.18 Å². The fraction of sp³-hybridized carbons (Fsp3) is 0.143. The third kappa shape index (κ3) is 2.81. The molecule has 0 radical (unpaired) electrons. The number of carbonyl (C=O) groups excluding carboxylic acids is 1. The molecule has 0 spiro atoms. The van der Waals surface area contributed by atoms with Gasteiger partial charge in [0.05, 0.1) is 5.56 Å². The lowest BCUT2D eigenvalue weighted by Crippen LogP contribution is -2.09. The largest absolute Gasteiger partial charge is 0.416 e. The monoisotopic (exact) mass is 265 g/mol. The number of benzene rings is 1. The molecule has 0 bridgehead atoms. The summed E-state index contributed by atoms with van der Waals surface area (Å²) in [5.41, 5.74) is -0.0583. The fourth-order valence-corrected chi connectivity index (χ4v) is 1.79. The first-order valence-electron chi connectivity index (χ1n) is 5.52. The van der Waals surface area contributed by atoms with Gasteiger partial charge in [-0.2, -0.15) is 13.2 Å². The molecule has 5 heteroatoms. The smallest absolute Gasteiger partial charge is 0.289 e. The van der Waals surface area contributed by atoms with Crippen molar-refractivity contribution in [1.29, 1.82) is 0 Å². The lowest BCUT2D eigenvalue weighted by molar-refractivity contribution is -0.138. The molecule has 98 valence electrons. The van der Waals surface area contributed by atoms with E-state index in [2.05, 4.69) is 4.98 Å². The van der Waals surface area contributed by atoms with E-state index in [-0.39, 0.29) is 16.9 Å². The molecule has 2 nitrogen and oxygen atoms in total. The van der Waals surface area contributed by atoms with Gasteiger partial charge in [0.1, 0.15) is 0 Å². The molecular weight excluding hydrogens is 255 g/mol. The van der Waals surface area contributed by atoms with Crippen LogP contribution >= 0.6 is 0 Å². The second kappa shape index (κ2) is 4.84. The Balaban J connectivity index is 2.38. The number of pyridine rings is 1. The molecule has 0 aliphatic carbocycles. The van der Waals surface area contributed by atoms with Gasteiger partial charge in [-0.15, -0.1) is 0 Å². The third-order valence-corrected chi connectivity index (χ3v) is 2.74. The van der Waals surface area contributed by atoms with Crippen molar-refractivity contribution in [2.24, 2.45) is 0 Å². The molecule has 0 unspecified atom stereocenters. The highest BCUT2D eigenvalue weighted by molar-refractivity contribution is 6.09. The number of hydrogen-bond acceptors (Lipinski definition) is 2. The number of carbonyl (C=O) groups is 1. The first kappa shape index (κ1) is 13.3. The van der Waals surface area contributed by atoms with E-state index in [1.54, 1.807) is 0 Å². The molecule has 2 aromatic rings. The normalized spacial score (nSPS) is 11.4. The zero-order chi connectivity index (χ0) is 14.0. The van der Waals surface area contributed by atoms with Crippen LogP contribution in [0.3, 0.4) is 0 Å². The Morgan fingerprint density at radius 3 is 2.21 bits per heavy atom. The van der Waals surface area contributed by atoms with Gasteiger partial charge in [-0.1, -0.05) is 6.07 Å². The van der Waals surface area contributed by atoms with E-state index in [9.17, 15) is 18.0 Å². The van der Waals surface area contributed by atoms with E-state index in [0.29, 0.717) is 5.56 Å². The van der Waals surface area contributed by atoms with Crippen LogP contribution in [0.2, 0.25) is 0 Å². The molecule has 1 aromatic heterocycles. The van der Waals surface area contributed by atoms with Crippen LogP contribution in [0.25, 0.3) is 0 Å². The molecule has 0 aliphatic heterocycles. The average molecular weight is 265 g/mol. The molecular formula is C14H10F3NO. The number of rotatable bonds is 2. The van der Waals surface area contributed by atoms with Crippen molar-refractivity contribution in [3.63, 3.8) is 0 Å². The zero-order valence-electron chi connectivity index (χ0n) is 10.0. The van der Waals surface area contributed by atoms with Crippen LogP contribution in [0, 0.1) is 6.92 Å². The first-order valence-corrected chi connectivity index (χ1v) is 5.52. The highest BCUT2D eigenvalue weighted by atomic mass is 19.4. The van der Waals surface area contributed by atoms with Crippen LogP contribution in [0.1, 0.15) is 27.0 Å². The average Bonchev–Trinajstić information content (AvgIpc) is 2.37. The zero-order valence-corrected chi connectivity index (χ0v) is 10.0. The molecule has 19 heavy (non-hydrogen) atoms. The van der Waals surface area contributed by atoms with Gasteiger partial charge in [0.2, 0.25) is 0 Å². The molecule has 1 heterocycles. The standard InChI is InChI=1S/C14H10F3NO/c1-9-8-11(2-3-12(9)14(15,16)17)13(19)10-4-6-18-7-5-10/h2-8H,1H3. The van der Waals surface area contributed by atoms with Crippen LogP contribution in [0.4, 0.5) is 13.2 Å². The van der Waals surface area contributed by atoms with E-state index in [1.165, 1.54) is 43.6 Å². The Kier molecular flexibility index (Phi) is 3.38. The maximum atomic E-state index is 12.6. The molecule has 0 atom stereocenters. The SMILES string of the molecule is Cc1cc(C(=O)c2ccncc2)ccc1C(F)(F)F. The predicted molar refractivity (Wildman–Crippen MR) is 63.9 cm³/mol. The Labute approximate surface area is 107 Å². The molecule has 0 N–H and O–H groups in total. The fourth-order valence-electron chi connectivity index (χ4n) is 1.79. The Morgan fingerprint density at radius 2 is 1.68 bits per heavy atom. The molecule has 1 aromatic carbocycles. The number of aryl methyl sites for hydroxylation is 1. The minimum atomic E-state index is -4.40. The van der Waals surface area contributed by atoms with Crippen molar-refractivity contribution in [2.75, 3.05) is 0 Å². The Hall–Kier alpha value is -2.17. The number of alkyl halides is 3. The predicted octanol–water partition coefficient (Wildman–Crippen LogP) is 3.64. The highest BCUT2D eigenvalue weighted by Gasteiger charge is 2.32. The maximum Gasteiger partial charge on any atom is 0.416 e. The number of halogens is 3. The lowest BCUT2D eigenvalue weighted by Gasteiger charge is -2.11. The second-order valence-electron chi connectivity index (χ2n) is 4.09. The van der Waals surface area contributed by atoms with E-state index in [4.69, 9.17) is 0 Å². The molecule has 0 saturated heterocycles. The van der Waals surface area contributed by atoms with Crippen LogP contribution in [-0.2, 0) is 6.18 Å². The van der Waals surface area contributed by atoms with Crippen molar-refractivity contribution >= 4 is 5.78 Å². The van der Waals surface area contributed by atoms with E-state index < -0.39 is 11.7 Å². The van der Waals surface area contributed by atoms with Crippen LogP contribution in [-0.4, -0.2) is 10.8 Å². The van der Waals surface area contributed by atoms with E-state index >= 15 is 0 Å². The minimum Gasteiger partial charge on any atom is -0.289 e. The summed E-state index contributed by atoms with van der Waals surface area (Å²) in [4.78, 5) is 15.8. The van der Waals surface area contributed by atoms with Crippen molar-refractivity contribution in [1.82, 2.24) is 4.98 Å². The van der Waals surface area contributed by atoms with Gasteiger partial charge in [-0.3, -0.25) is 9.78 Å². The molecule has 0 saturated carbocycles. The van der Waals surface area contributed by atoms with Gasteiger partial charge in [0.15, 0.2) is 5.78 Å². The van der Waals surface area contributed by atoms with Gasteiger partial charge < -0.3 is 0 Å².